The lowest BCUT2D eigenvalue weighted by atomic mass is 9.71. The highest BCUT2D eigenvalue weighted by Crippen LogP contribution is 2.44. The Morgan fingerprint density at radius 2 is 2.33 bits per heavy atom. The van der Waals surface area contributed by atoms with Gasteiger partial charge in [-0.3, -0.25) is 0 Å². The number of hydrogen-bond acceptors (Lipinski definition) is 2. The Morgan fingerprint density at radius 1 is 1.44 bits per heavy atom. The van der Waals surface area contributed by atoms with Gasteiger partial charge in [0.2, 0.25) is 0 Å². The molecule has 2 N–H and O–H groups in total. The molecule has 2 heteroatoms. The van der Waals surface area contributed by atoms with E-state index in [9.17, 15) is 0 Å². The van der Waals surface area contributed by atoms with E-state index in [2.05, 4.69) is 25.1 Å². The summed E-state index contributed by atoms with van der Waals surface area (Å²) in [6.45, 7) is 3.10. The summed E-state index contributed by atoms with van der Waals surface area (Å²) in [4.78, 5) is 0. The van der Waals surface area contributed by atoms with Gasteiger partial charge in [0.15, 0.2) is 0 Å². The molecule has 1 aromatic rings. The van der Waals surface area contributed by atoms with E-state index in [4.69, 9.17) is 10.5 Å². The number of nitrogens with two attached hydrogens (primary N) is 1. The molecule has 0 amide bonds. The lowest BCUT2D eigenvalue weighted by Crippen LogP contribution is -2.41. The van der Waals surface area contributed by atoms with Gasteiger partial charge in [-0.25, -0.2) is 0 Å². The molecule has 1 fully saturated rings. The maximum Gasteiger partial charge on any atom is 0.127 e. The maximum absolute atomic E-state index is 6.74. The van der Waals surface area contributed by atoms with Crippen molar-refractivity contribution in [3.05, 3.63) is 29.3 Å². The van der Waals surface area contributed by atoms with E-state index in [1.165, 1.54) is 30.4 Å². The van der Waals surface area contributed by atoms with Crippen molar-refractivity contribution in [2.24, 2.45) is 11.7 Å². The summed E-state index contributed by atoms with van der Waals surface area (Å²) in [6, 6.07) is 6.50. The molecule has 3 rings (SSSR count). The van der Waals surface area contributed by atoms with E-state index in [0.717, 1.165) is 37.5 Å². The maximum atomic E-state index is 6.74. The Balaban J connectivity index is 1.96. The van der Waals surface area contributed by atoms with Crippen LogP contribution < -0.4 is 10.5 Å². The Labute approximate surface area is 110 Å². The third-order valence-corrected chi connectivity index (χ3v) is 4.72. The second kappa shape index (κ2) is 4.58. The number of fused-ring (bicyclic) bond motifs is 1. The largest absolute Gasteiger partial charge is 0.493 e. The third kappa shape index (κ3) is 1.93. The highest BCUT2D eigenvalue weighted by atomic mass is 16.5. The lowest BCUT2D eigenvalue weighted by Gasteiger charge is -2.39. The fraction of sp³-hybridized carbons (Fsp3) is 0.625. The minimum absolute atomic E-state index is 0.158. The number of para-hydroxylation sites is 1. The van der Waals surface area contributed by atoms with Crippen molar-refractivity contribution in [3.8, 4) is 5.75 Å². The highest BCUT2D eigenvalue weighted by Gasteiger charge is 2.37. The van der Waals surface area contributed by atoms with Crippen LogP contribution in [0.4, 0.5) is 0 Å². The van der Waals surface area contributed by atoms with Crippen LogP contribution in [0.25, 0.3) is 0 Å². The molecule has 2 atom stereocenters. The first kappa shape index (κ1) is 12.0. The summed E-state index contributed by atoms with van der Waals surface area (Å²) >= 11 is 0. The zero-order valence-electron chi connectivity index (χ0n) is 11.2. The quantitative estimate of drug-likeness (QED) is 0.867. The third-order valence-electron chi connectivity index (χ3n) is 4.72. The van der Waals surface area contributed by atoms with Gasteiger partial charge in [-0.05, 0) is 24.3 Å². The van der Waals surface area contributed by atoms with Crippen molar-refractivity contribution in [2.75, 3.05) is 6.61 Å². The number of ether oxygens (including phenoxy) is 1. The molecule has 2 nitrogen and oxygen atoms in total. The van der Waals surface area contributed by atoms with Crippen LogP contribution in [0.15, 0.2) is 18.2 Å². The van der Waals surface area contributed by atoms with Crippen LogP contribution in [0.2, 0.25) is 0 Å². The topological polar surface area (TPSA) is 35.2 Å². The molecule has 1 heterocycles. The van der Waals surface area contributed by atoms with Crippen LogP contribution >= 0.6 is 0 Å². The predicted molar refractivity (Wildman–Crippen MR) is 73.8 cm³/mol. The minimum Gasteiger partial charge on any atom is -0.493 e. The van der Waals surface area contributed by atoms with Crippen LogP contribution in [-0.2, 0) is 12.0 Å². The van der Waals surface area contributed by atoms with E-state index in [-0.39, 0.29) is 5.54 Å². The van der Waals surface area contributed by atoms with Crippen molar-refractivity contribution in [2.45, 2.75) is 51.0 Å². The molecule has 1 saturated carbocycles. The molecule has 1 aromatic carbocycles. The summed E-state index contributed by atoms with van der Waals surface area (Å²) in [5.74, 6) is 1.87. The molecule has 0 saturated heterocycles. The number of hydrogen-bond donors (Lipinski definition) is 1. The smallest absolute Gasteiger partial charge is 0.127 e. The number of benzene rings is 1. The summed E-state index contributed by atoms with van der Waals surface area (Å²) in [5.41, 5.74) is 9.18. The van der Waals surface area contributed by atoms with Crippen molar-refractivity contribution in [1.29, 1.82) is 0 Å². The van der Waals surface area contributed by atoms with E-state index in [1.54, 1.807) is 0 Å². The first-order chi connectivity index (χ1) is 8.73. The van der Waals surface area contributed by atoms with Crippen molar-refractivity contribution < 1.29 is 4.74 Å². The molecular formula is C16H23NO. The second-order valence-corrected chi connectivity index (χ2v) is 5.92. The zero-order valence-corrected chi connectivity index (χ0v) is 11.2. The SMILES string of the molecule is CCC1CCCC(N)(c2cccc3c2OCC3)C1. The molecule has 0 bridgehead atoms. The van der Waals surface area contributed by atoms with E-state index in [0.29, 0.717) is 0 Å². The highest BCUT2D eigenvalue weighted by molar-refractivity contribution is 5.47. The van der Waals surface area contributed by atoms with Crippen LogP contribution in [-0.4, -0.2) is 6.61 Å². The van der Waals surface area contributed by atoms with Crippen LogP contribution in [0.1, 0.15) is 50.2 Å². The van der Waals surface area contributed by atoms with Gasteiger partial charge in [0.1, 0.15) is 5.75 Å². The molecule has 98 valence electrons. The molecule has 0 spiro atoms. The van der Waals surface area contributed by atoms with E-state index >= 15 is 0 Å². The molecule has 1 aliphatic heterocycles. The van der Waals surface area contributed by atoms with Crippen LogP contribution in [0.5, 0.6) is 5.75 Å². The van der Waals surface area contributed by atoms with Crippen molar-refractivity contribution >= 4 is 0 Å². The van der Waals surface area contributed by atoms with Gasteiger partial charge in [-0.1, -0.05) is 44.4 Å². The van der Waals surface area contributed by atoms with Crippen LogP contribution in [0.3, 0.4) is 0 Å². The van der Waals surface area contributed by atoms with Crippen molar-refractivity contribution in [1.82, 2.24) is 0 Å². The van der Waals surface area contributed by atoms with Gasteiger partial charge in [0, 0.05) is 17.5 Å². The summed E-state index contributed by atoms with van der Waals surface area (Å²) in [6.07, 6.45) is 7.09. The van der Waals surface area contributed by atoms with Crippen LogP contribution in [0, 0.1) is 5.92 Å². The molecule has 1 aliphatic carbocycles. The minimum atomic E-state index is -0.158. The normalized spacial score (nSPS) is 30.9. The van der Waals surface area contributed by atoms with Gasteiger partial charge in [0.25, 0.3) is 0 Å². The Hall–Kier alpha value is -1.02. The first-order valence-electron chi connectivity index (χ1n) is 7.27. The van der Waals surface area contributed by atoms with E-state index < -0.39 is 0 Å². The van der Waals surface area contributed by atoms with Gasteiger partial charge in [-0.2, -0.15) is 0 Å². The van der Waals surface area contributed by atoms with Gasteiger partial charge in [0.05, 0.1) is 6.61 Å². The van der Waals surface area contributed by atoms with Crippen molar-refractivity contribution in [3.63, 3.8) is 0 Å². The fourth-order valence-corrected chi connectivity index (χ4v) is 3.63. The first-order valence-corrected chi connectivity index (χ1v) is 7.27. The average Bonchev–Trinajstić information content (AvgIpc) is 2.86. The summed E-state index contributed by atoms with van der Waals surface area (Å²) < 4.78 is 5.84. The Bertz CT molecular complexity index is 443. The van der Waals surface area contributed by atoms with Gasteiger partial charge < -0.3 is 10.5 Å². The standard InChI is InChI=1S/C16H23NO/c1-2-12-5-4-9-16(17,11-12)14-7-3-6-13-8-10-18-15(13)14/h3,6-7,12H,2,4-5,8-11,17H2,1H3. The molecule has 0 aromatic heterocycles. The fourth-order valence-electron chi connectivity index (χ4n) is 3.63. The molecule has 18 heavy (non-hydrogen) atoms. The summed E-state index contributed by atoms with van der Waals surface area (Å²) in [5, 5.41) is 0. The zero-order chi connectivity index (χ0) is 12.6. The lowest BCUT2D eigenvalue weighted by molar-refractivity contribution is 0.215. The van der Waals surface area contributed by atoms with Gasteiger partial charge >= 0.3 is 0 Å². The predicted octanol–water partition coefficient (Wildman–Crippen LogP) is 3.38. The van der Waals surface area contributed by atoms with Gasteiger partial charge in [-0.15, -0.1) is 0 Å². The molecule has 0 radical (unpaired) electrons. The number of rotatable bonds is 2. The molecule has 2 aliphatic rings. The average molecular weight is 245 g/mol. The Morgan fingerprint density at radius 3 is 3.17 bits per heavy atom. The monoisotopic (exact) mass is 245 g/mol. The summed E-state index contributed by atoms with van der Waals surface area (Å²) in [7, 11) is 0. The Kier molecular flexibility index (Phi) is 3.06. The molecule has 2 unspecified atom stereocenters. The molecular weight excluding hydrogens is 222 g/mol. The van der Waals surface area contributed by atoms with E-state index in [1.807, 2.05) is 0 Å². The second-order valence-electron chi connectivity index (χ2n) is 5.92.